The van der Waals surface area contributed by atoms with Crippen LogP contribution >= 0.6 is 0 Å². The molecular formula is C48H57N15O8. The molecule has 0 atom stereocenters. The number of hydrogen-bond donors (Lipinski definition) is 5. The number of nitrogens with zero attached hydrogens (tertiary/aromatic N) is 10. The first kappa shape index (κ1) is 51.5. The second-order valence-electron chi connectivity index (χ2n) is 16.7. The number of allylic oxidation sites excluding steroid dienone is 2. The Morgan fingerprint density at radius 2 is 1.38 bits per heavy atom. The van der Waals surface area contributed by atoms with Gasteiger partial charge in [-0.3, -0.25) is 43.9 Å². The van der Waals surface area contributed by atoms with Crippen LogP contribution in [0.1, 0.15) is 87.7 Å². The van der Waals surface area contributed by atoms with Crippen molar-refractivity contribution in [2.45, 2.75) is 86.8 Å². The number of primary amides is 2. The number of carbonyl (C=O) groups is 5. The second kappa shape index (κ2) is 22.4. The lowest BCUT2D eigenvalue weighted by Crippen LogP contribution is -2.27. The van der Waals surface area contributed by atoms with Crippen molar-refractivity contribution in [1.82, 2.24) is 48.4 Å². The average Bonchev–Trinajstić information content (AvgIpc) is 4.16. The molecule has 0 spiro atoms. The first-order chi connectivity index (χ1) is 33.9. The summed E-state index contributed by atoms with van der Waals surface area (Å²) in [7, 11) is 3.23. The Labute approximate surface area is 408 Å². The van der Waals surface area contributed by atoms with Crippen LogP contribution in [0.15, 0.2) is 60.9 Å². The average molecular weight is 972 g/mol. The van der Waals surface area contributed by atoms with Crippen LogP contribution in [0.5, 0.6) is 11.5 Å². The molecule has 372 valence electrons. The first-order valence-electron chi connectivity index (χ1n) is 22.4. The molecule has 7 N–H and O–H groups in total. The normalized spacial score (nSPS) is 11.2. The molecule has 7 rings (SSSR count). The van der Waals surface area contributed by atoms with E-state index < -0.39 is 29.4 Å². The topological polar surface area (TPSA) is 290 Å². The highest BCUT2D eigenvalue weighted by Crippen LogP contribution is 2.33. The summed E-state index contributed by atoms with van der Waals surface area (Å²) < 4.78 is 25.5. The molecule has 2 aromatic carbocycles. The molecule has 0 aliphatic carbocycles. The van der Waals surface area contributed by atoms with Crippen molar-refractivity contribution < 1.29 is 38.2 Å². The zero-order valence-corrected chi connectivity index (χ0v) is 41.0. The van der Waals surface area contributed by atoms with Crippen LogP contribution in [0.3, 0.4) is 0 Å². The number of rotatable bonds is 17. The molecule has 0 fully saturated rings. The summed E-state index contributed by atoms with van der Waals surface area (Å²) in [5.74, 6) is 5.52. The fourth-order valence-electron chi connectivity index (χ4n) is 7.30. The summed E-state index contributed by atoms with van der Waals surface area (Å²) in [6.07, 6.45) is 7.07. The maximum atomic E-state index is 13.7. The molecule has 0 saturated carbocycles. The number of imidazole rings is 2. The van der Waals surface area contributed by atoms with Gasteiger partial charge in [0.05, 0.1) is 41.4 Å². The molecule has 23 nitrogen and oxygen atoms in total. The first-order valence-corrected chi connectivity index (χ1v) is 22.4. The van der Waals surface area contributed by atoms with Crippen molar-refractivity contribution in [2.24, 2.45) is 11.5 Å². The van der Waals surface area contributed by atoms with Crippen LogP contribution in [0.25, 0.3) is 22.1 Å². The Morgan fingerprint density at radius 1 is 0.789 bits per heavy atom. The van der Waals surface area contributed by atoms with Gasteiger partial charge in [-0.1, -0.05) is 24.0 Å². The number of fused-ring (bicyclic) bond motifs is 2. The van der Waals surface area contributed by atoms with Crippen LogP contribution in [0.2, 0.25) is 0 Å². The number of anilines is 3. The number of methoxy groups -OCH3 is 1. The minimum Gasteiger partial charge on any atom is -0.494 e. The number of benzene rings is 2. The molecule has 71 heavy (non-hydrogen) atoms. The number of hydrogen-bond acceptors (Lipinski definition) is 14. The third-order valence-corrected chi connectivity index (χ3v) is 10.3. The second-order valence-corrected chi connectivity index (χ2v) is 16.7. The van der Waals surface area contributed by atoms with Gasteiger partial charge in [0.15, 0.2) is 6.29 Å². The van der Waals surface area contributed by atoms with Gasteiger partial charge in [-0.05, 0) is 84.9 Å². The Balaban J connectivity index is 0.000000734. The van der Waals surface area contributed by atoms with E-state index in [1.807, 2.05) is 37.5 Å². The molecule has 4 amide bonds. The number of carbonyl (C=O) groups excluding carboxylic acids is 5. The van der Waals surface area contributed by atoms with E-state index in [-0.39, 0.29) is 42.5 Å². The van der Waals surface area contributed by atoms with E-state index in [1.165, 1.54) is 30.1 Å². The number of aryl methyl sites for hydroxylation is 4. The van der Waals surface area contributed by atoms with Gasteiger partial charge in [-0.25, -0.2) is 14.8 Å². The van der Waals surface area contributed by atoms with E-state index in [1.54, 1.807) is 79.1 Å². The lowest BCUT2D eigenvalue weighted by Gasteiger charge is -2.19. The number of amides is 4. The molecule has 0 radical (unpaired) electrons. The van der Waals surface area contributed by atoms with Crippen LogP contribution < -0.4 is 36.9 Å². The Hall–Kier alpha value is -8.94. The van der Waals surface area contributed by atoms with Crippen molar-refractivity contribution in [3.05, 3.63) is 94.8 Å². The fourth-order valence-corrected chi connectivity index (χ4v) is 7.30. The molecule has 0 unspecified atom stereocenters. The summed E-state index contributed by atoms with van der Waals surface area (Å²) in [5, 5.41) is 21.3. The van der Waals surface area contributed by atoms with Crippen molar-refractivity contribution in [3.8, 4) is 23.3 Å². The van der Waals surface area contributed by atoms with Gasteiger partial charge in [-0.2, -0.15) is 15.3 Å². The molecule has 0 aliphatic rings. The summed E-state index contributed by atoms with van der Waals surface area (Å²) in [6, 6.07) is 9.65. The van der Waals surface area contributed by atoms with E-state index in [0.717, 1.165) is 18.5 Å². The SMILES string of the molecule is CCn1nc(C)cc1C(=O)Nc1nc2cc(C(N)=O)cc(OCC#CCn3cc(NC(=O)OC(C)(C)C)cn3)c2n1C/C=C/Cn1c(NC)nc2cc(C(N)=O)cc(OC)c21.CCn1nc(C)cc1C=O. The lowest BCUT2D eigenvalue weighted by molar-refractivity contribution is 0.0635. The predicted octanol–water partition coefficient (Wildman–Crippen LogP) is 5.32. The van der Waals surface area contributed by atoms with Crippen molar-refractivity contribution in [2.75, 3.05) is 36.7 Å². The van der Waals surface area contributed by atoms with E-state index in [2.05, 4.69) is 48.1 Å². The van der Waals surface area contributed by atoms with Crippen LogP contribution in [-0.2, 0) is 37.5 Å². The zero-order chi connectivity index (χ0) is 51.6. The molecular weight excluding hydrogens is 915 g/mol. The fraction of sp³-hybridized carbons (Fsp3) is 0.333. The Morgan fingerprint density at radius 3 is 1.96 bits per heavy atom. The summed E-state index contributed by atoms with van der Waals surface area (Å²) in [6.45, 7) is 14.6. The minimum atomic E-state index is -0.707. The van der Waals surface area contributed by atoms with Gasteiger partial charge < -0.3 is 40.1 Å². The number of aromatic nitrogens is 10. The maximum absolute atomic E-state index is 13.7. The third-order valence-electron chi connectivity index (χ3n) is 10.3. The highest BCUT2D eigenvalue weighted by Gasteiger charge is 2.23. The molecule has 5 aromatic heterocycles. The van der Waals surface area contributed by atoms with Crippen molar-refractivity contribution in [1.29, 1.82) is 0 Å². The number of aldehydes is 1. The van der Waals surface area contributed by atoms with Crippen LogP contribution in [0.4, 0.5) is 22.4 Å². The number of nitrogens with one attached hydrogen (secondary N) is 3. The van der Waals surface area contributed by atoms with Crippen molar-refractivity contribution >= 4 is 69.8 Å². The monoisotopic (exact) mass is 971 g/mol. The molecule has 7 aromatic rings. The summed E-state index contributed by atoms with van der Waals surface area (Å²) >= 11 is 0. The van der Waals surface area contributed by atoms with Gasteiger partial charge >= 0.3 is 6.09 Å². The minimum absolute atomic E-state index is 0.0981. The summed E-state index contributed by atoms with van der Waals surface area (Å²) in [4.78, 5) is 70.0. The molecule has 0 saturated heterocycles. The van der Waals surface area contributed by atoms with Gasteiger partial charge in [0.2, 0.25) is 23.7 Å². The summed E-state index contributed by atoms with van der Waals surface area (Å²) in [5.41, 5.74) is 16.0. The van der Waals surface area contributed by atoms with E-state index in [0.29, 0.717) is 69.6 Å². The van der Waals surface area contributed by atoms with Gasteiger partial charge in [0.25, 0.3) is 5.91 Å². The standard InChI is InChI=1S/C41H47N13O7.C7H10N2O/c1-8-54-30(17-24(2)50-54)37(57)49-39-48-29-19-26(36(43)56)21-32(60-16-12-11-13-51-23-27(22-45-51)46-40(58)61-41(3,4)5)34(29)53(39)15-10-9-14-52-33-28(47-38(52)44-6)18-25(35(42)55)20-31(33)59-7;1-3-9-7(5-10)4-6(2)8-9/h9-10,17-23H,8,13-16H2,1-7H3,(H2,42,55)(H2,43,56)(H,44,47)(H,46,58)(H,48,49,57);4-5H,3H2,1-2H3/b10-9+;. The van der Waals surface area contributed by atoms with Gasteiger partial charge in [0, 0.05) is 50.6 Å². The van der Waals surface area contributed by atoms with E-state index >= 15 is 0 Å². The molecule has 0 bridgehead atoms. The predicted molar refractivity (Wildman–Crippen MR) is 266 cm³/mol. The molecule has 23 heteroatoms. The highest BCUT2D eigenvalue weighted by atomic mass is 16.6. The third kappa shape index (κ3) is 12.6. The van der Waals surface area contributed by atoms with Gasteiger partial charge in [0.1, 0.15) is 52.7 Å². The van der Waals surface area contributed by atoms with Crippen molar-refractivity contribution in [3.63, 3.8) is 0 Å². The zero-order valence-electron chi connectivity index (χ0n) is 41.0. The molecule has 5 heterocycles. The Bertz CT molecular complexity index is 3210. The quantitative estimate of drug-likeness (QED) is 0.0439. The van der Waals surface area contributed by atoms with Gasteiger partial charge in [-0.15, -0.1) is 0 Å². The maximum Gasteiger partial charge on any atom is 0.412 e. The van der Waals surface area contributed by atoms with E-state index in [4.69, 9.17) is 30.7 Å². The Kier molecular flexibility index (Phi) is 16.3. The highest BCUT2D eigenvalue weighted by molar-refractivity contribution is 6.04. The lowest BCUT2D eigenvalue weighted by atomic mass is 10.1. The molecule has 0 aliphatic heterocycles. The van der Waals surface area contributed by atoms with Crippen LogP contribution in [-0.4, -0.2) is 105 Å². The largest absolute Gasteiger partial charge is 0.494 e. The number of ether oxygens (including phenoxy) is 3. The number of nitrogens with two attached hydrogens (primary N) is 2. The van der Waals surface area contributed by atoms with Crippen LogP contribution in [0, 0.1) is 25.7 Å². The van der Waals surface area contributed by atoms with E-state index in [9.17, 15) is 24.0 Å². The smallest absolute Gasteiger partial charge is 0.412 e.